The number of nitrogens with zero attached hydrogens (tertiary/aromatic N) is 1. The molecule has 3 rings (SSSR count). The molecule has 1 aromatic carbocycles. The van der Waals surface area contributed by atoms with E-state index in [-0.39, 0.29) is 4.90 Å². The van der Waals surface area contributed by atoms with E-state index in [2.05, 4.69) is 9.71 Å². The molecular weight excluding hydrogens is 320 g/mol. The zero-order valence-electron chi connectivity index (χ0n) is 12.5. The number of rotatable bonds is 4. The summed E-state index contributed by atoms with van der Waals surface area (Å²) in [5, 5.41) is 0.440. The monoisotopic (exact) mass is 338 g/mol. The topological polar surface area (TPSA) is 68.3 Å². The van der Waals surface area contributed by atoms with Gasteiger partial charge in [0.2, 0.25) is 0 Å². The van der Waals surface area contributed by atoms with Crippen molar-refractivity contribution in [1.82, 2.24) is 4.98 Å². The lowest BCUT2D eigenvalue weighted by molar-refractivity contribution is 0.402. The first-order chi connectivity index (χ1) is 10.5. The van der Waals surface area contributed by atoms with E-state index in [1.165, 1.54) is 23.3 Å². The number of hydrogen-bond acceptors (Lipinski definition) is 5. The van der Waals surface area contributed by atoms with E-state index in [0.717, 1.165) is 36.9 Å². The van der Waals surface area contributed by atoms with Crippen molar-refractivity contribution in [1.29, 1.82) is 0 Å². The molecular formula is C15H18N2O3S2. The Morgan fingerprint density at radius 3 is 2.77 bits per heavy atom. The normalized spacial score (nSPS) is 14.5. The zero-order chi connectivity index (χ0) is 15.7. The van der Waals surface area contributed by atoms with Gasteiger partial charge in [0, 0.05) is 4.88 Å². The van der Waals surface area contributed by atoms with E-state index in [1.807, 2.05) is 13.0 Å². The highest BCUT2D eigenvalue weighted by Crippen LogP contribution is 2.32. The lowest BCUT2D eigenvalue weighted by Gasteiger charge is -2.10. The van der Waals surface area contributed by atoms with Gasteiger partial charge in [-0.2, -0.15) is 0 Å². The molecule has 1 aromatic heterocycles. The van der Waals surface area contributed by atoms with Crippen molar-refractivity contribution in [2.24, 2.45) is 0 Å². The van der Waals surface area contributed by atoms with Crippen molar-refractivity contribution >= 4 is 26.5 Å². The summed E-state index contributed by atoms with van der Waals surface area (Å²) in [5.74, 6) is 0.333. The number of benzene rings is 1. The molecule has 118 valence electrons. The van der Waals surface area contributed by atoms with Gasteiger partial charge in [0.15, 0.2) is 5.13 Å². The van der Waals surface area contributed by atoms with Crippen LogP contribution < -0.4 is 9.46 Å². The number of methoxy groups -OCH3 is 1. The third-order valence-electron chi connectivity index (χ3n) is 3.68. The Balaban J connectivity index is 1.93. The van der Waals surface area contributed by atoms with Crippen LogP contribution in [0.25, 0.3) is 0 Å². The number of nitrogens with one attached hydrogen (secondary N) is 1. The summed E-state index contributed by atoms with van der Waals surface area (Å²) in [6.45, 7) is 1.85. The molecule has 1 aliphatic rings. The maximum absolute atomic E-state index is 12.6. The van der Waals surface area contributed by atoms with Crippen LogP contribution in [0, 0.1) is 6.92 Å². The summed E-state index contributed by atoms with van der Waals surface area (Å²) < 4.78 is 33.0. The zero-order valence-corrected chi connectivity index (χ0v) is 14.2. The second-order valence-electron chi connectivity index (χ2n) is 5.36. The molecule has 0 spiro atoms. The van der Waals surface area contributed by atoms with Gasteiger partial charge >= 0.3 is 0 Å². The van der Waals surface area contributed by atoms with Crippen molar-refractivity contribution in [3.05, 3.63) is 34.3 Å². The number of sulfonamides is 1. The van der Waals surface area contributed by atoms with Crippen LogP contribution in [-0.4, -0.2) is 20.5 Å². The second kappa shape index (κ2) is 5.89. The molecule has 2 aromatic rings. The third-order valence-corrected chi connectivity index (χ3v) is 6.24. The van der Waals surface area contributed by atoms with Gasteiger partial charge in [-0.25, -0.2) is 13.4 Å². The predicted molar refractivity (Wildman–Crippen MR) is 87.3 cm³/mol. The Hall–Kier alpha value is -1.60. The number of anilines is 1. The largest absolute Gasteiger partial charge is 0.495 e. The summed E-state index contributed by atoms with van der Waals surface area (Å²) in [5.41, 5.74) is 1.89. The Bertz CT molecular complexity index is 774. The lowest BCUT2D eigenvalue weighted by atomic mass is 10.0. The van der Waals surface area contributed by atoms with Gasteiger partial charge in [-0.1, -0.05) is 6.07 Å². The van der Waals surface area contributed by atoms with Crippen LogP contribution in [0.5, 0.6) is 5.75 Å². The first-order valence-corrected chi connectivity index (χ1v) is 9.45. The standard InChI is InChI=1S/C15H18N2O3S2/c1-10-7-8-12(20-2)14(9-10)22(18,19)17-15-16-11-5-3-4-6-13(11)21-15/h7-9H,3-6H2,1-2H3,(H,16,17). The van der Waals surface area contributed by atoms with E-state index in [1.54, 1.807) is 12.1 Å². The van der Waals surface area contributed by atoms with E-state index < -0.39 is 10.0 Å². The van der Waals surface area contributed by atoms with Crippen LogP contribution in [0.15, 0.2) is 23.1 Å². The number of thiazole rings is 1. The van der Waals surface area contributed by atoms with Gasteiger partial charge in [0.05, 0.1) is 12.8 Å². The number of hydrogen-bond donors (Lipinski definition) is 1. The molecule has 7 heteroatoms. The molecule has 1 heterocycles. The van der Waals surface area contributed by atoms with Crippen molar-refractivity contribution in [2.45, 2.75) is 37.5 Å². The summed E-state index contributed by atoms with van der Waals surface area (Å²) in [4.78, 5) is 5.76. The van der Waals surface area contributed by atoms with Gasteiger partial charge < -0.3 is 4.74 Å². The van der Waals surface area contributed by atoms with Crippen molar-refractivity contribution in [3.8, 4) is 5.75 Å². The van der Waals surface area contributed by atoms with Crippen molar-refractivity contribution in [3.63, 3.8) is 0 Å². The molecule has 0 fully saturated rings. The van der Waals surface area contributed by atoms with Crippen LogP contribution in [-0.2, 0) is 22.9 Å². The quantitative estimate of drug-likeness (QED) is 0.930. The van der Waals surface area contributed by atoms with Crippen LogP contribution in [0.4, 0.5) is 5.13 Å². The van der Waals surface area contributed by atoms with Crippen LogP contribution >= 0.6 is 11.3 Å². The van der Waals surface area contributed by atoms with E-state index in [0.29, 0.717) is 10.9 Å². The highest BCUT2D eigenvalue weighted by molar-refractivity contribution is 7.93. The van der Waals surface area contributed by atoms with Crippen LogP contribution in [0.3, 0.4) is 0 Å². The molecule has 0 atom stereocenters. The lowest BCUT2D eigenvalue weighted by Crippen LogP contribution is -2.14. The molecule has 0 amide bonds. The Morgan fingerprint density at radius 1 is 1.27 bits per heavy atom. The van der Waals surface area contributed by atoms with Crippen molar-refractivity contribution < 1.29 is 13.2 Å². The molecule has 0 saturated heterocycles. The summed E-state index contributed by atoms with van der Waals surface area (Å²) in [6, 6.07) is 5.09. The van der Waals surface area contributed by atoms with E-state index in [9.17, 15) is 8.42 Å². The SMILES string of the molecule is COc1ccc(C)cc1S(=O)(=O)Nc1nc2c(s1)CCCC2. The number of aryl methyl sites for hydroxylation is 3. The average molecular weight is 338 g/mol. The fourth-order valence-corrected chi connectivity index (χ4v) is 5.10. The summed E-state index contributed by atoms with van der Waals surface area (Å²) in [7, 11) is -2.24. The van der Waals surface area contributed by atoms with Crippen LogP contribution in [0.1, 0.15) is 29.0 Å². The molecule has 1 aliphatic carbocycles. The van der Waals surface area contributed by atoms with Gasteiger partial charge in [0.1, 0.15) is 10.6 Å². The summed E-state index contributed by atoms with van der Waals surface area (Å²) in [6.07, 6.45) is 4.19. The minimum Gasteiger partial charge on any atom is -0.495 e. The van der Waals surface area contributed by atoms with E-state index >= 15 is 0 Å². The minimum absolute atomic E-state index is 0.142. The maximum Gasteiger partial charge on any atom is 0.267 e. The Kier molecular flexibility index (Phi) is 4.10. The molecule has 0 unspecified atom stereocenters. The second-order valence-corrected chi connectivity index (χ2v) is 8.09. The number of aromatic nitrogens is 1. The number of ether oxygens (including phenoxy) is 1. The van der Waals surface area contributed by atoms with Gasteiger partial charge in [-0.05, 0) is 50.3 Å². The van der Waals surface area contributed by atoms with E-state index in [4.69, 9.17) is 4.74 Å². The van der Waals surface area contributed by atoms with Gasteiger partial charge in [-0.3, -0.25) is 4.72 Å². The molecule has 22 heavy (non-hydrogen) atoms. The van der Waals surface area contributed by atoms with Gasteiger partial charge in [-0.15, -0.1) is 11.3 Å². The fraction of sp³-hybridized carbons (Fsp3) is 0.400. The first kappa shape index (κ1) is 15.3. The highest BCUT2D eigenvalue weighted by atomic mass is 32.2. The van der Waals surface area contributed by atoms with Gasteiger partial charge in [0.25, 0.3) is 10.0 Å². The molecule has 1 N–H and O–H groups in total. The molecule has 5 nitrogen and oxygen atoms in total. The first-order valence-electron chi connectivity index (χ1n) is 7.15. The summed E-state index contributed by atoms with van der Waals surface area (Å²) >= 11 is 1.43. The molecule has 0 bridgehead atoms. The molecule has 0 aliphatic heterocycles. The Labute approximate surface area is 134 Å². The molecule has 0 radical (unpaired) electrons. The van der Waals surface area contributed by atoms with Crippen molar-refractivity contribution in [2.75, 3.05) is 11.8 Å². The number of fused-ring (bicyclic) bond motifs is 1. The average Bonchev–Trinajstić information content (AvgIpc) is 2.88. The third kappa shape index (κ3) is 2.96. The predicted octanol–water partition coefficient (Wildman–Crippen LogP) is 3.14. The highest BCUT2D eigenvalue weighted by Gasteiger charge is 2.23. The molecule has 0 saturated carbocycles. The fourth-order valence-electron chi connectivity index (χ4n) is 2.56. The smallest absolute Gasteiger partial charge is 0.267 e. The van der Waals surface area contributed by atoms with Crippen LogP contribution in [0.2, 0.25) is 0 Å². The minimum atomic E-state index is -3.71. The maximum atomic E-state index is 12.6. The Morgan fingerprint density at radius 2 is 2.05 bits per heavy atom.